The molecule has 15 heavy (non-hydrogen) atoms. The molecular weight excluding hydrogens is 202 g/mol. The minimum Gasteiger partial charge on any atom is -0.308 e. The Balaban J connectivity index is 2.08. The lowest BCUT2D eigenvalue weighted by Crippen LogP contribution is -2.07. The maximum Gasteiger partial charge on any atom is 0.133 e. The summed E-state index contributed by atoms with van der Waals surface area (Å²) in [7, 11) is 0.648. The third-order valence-corrected chi connectivity index (χ3v) is 5.45. The zero-order valence-electron chi connectivity index (χ0n) is 9.25. The van der Waals surface area contributed by atoms with Gasteiger partial charge in [-0.3, -0.25) is 0 Å². The van der Waals surface area contributed by atoms with Crippen molar-refractivity contribution >= 4 is 17.1 Å². The van der Waals surface area contributed by atoms with E-state index in [0.717, 1.165) is 5.56 Å². The first-order valence-electron chi connectivity index (χ1n) is 5.53. The molecule has 0 bridgehead atoms. The van der Waals surface area contributed by atoms with Crippen molar-refractivity contribution in [3.63, 3.8) is 0 Å². The smallest absolute Gasteiger partial charge is 0.133 e. The number of hydrogen-bond acceptors (Lipinski definition) is 1. The van der Waals surface area contributed by atoms with E-state index in [1.807, 2.05) is 0 Å². The minimum atomic E-state index is 0.648. The zero-order valence-corrected chi connectivity index (χ0v) is 10.1. The molecule has 1 nitrogen and oxygen atoms in total. The molecule has 0 saturated carbocycles. The molecule has 1 saturated heterocycles. The molecule has 1 N–H and O–H groups in total. The highest BCUT2D eigenvalue weighted by Crippen LogP contribution is 2.19. The molecule has 0 amide bonds. The van der Waals surface area contributed by atoms with Gasteiger partial charge in [-0.15, -0.1) is 0 Å². The average molecular weight is 220 g/mol. The Morgan fingerprint density at radius 1 is 1.33 bits per heavy atom. The fraction of sp³-hybridized carbons (Fsp3) is 0.462. The molecule has 1 aromatic rings. The van der Waals surface area contributed by atoms with Gasteiger partial charge >= 0.3 is 0 Å². The third-order valence-electron chi connectivity index (χ3n) is 2.98. The summed E-state index contributed by atoms with van der Waals surface area (Å²) in [5, 5.41) is 7.26. The topological polar surface area (TPSA) is 23.9 Å². The minimum absolute atomic E-state index is 0.648. The van der Waals surface area contributed by atoms with Crippen LogP contribution in [0.4, 0.5) is 0 Å². The maximum absolute atomic E-state index is 7.26. The van der Waals surface area contributed by atoms with Crippen LogP contribution in [-0.4, -0.2) is 17.7 Å². The van der Waals surface area contributed by atoms with E-state index in [1.54, 1.807) is 0 Å². The van der Waals surface area contributed by atoms with Gasteiger partial charge in [-0.1, -0.05) is 18.2 Å². The van der Waals surface area contributed by atoms with E-state index in [2.05, 4.69) is 25.1 Å². The molecule has 0 spiro atoms. The van der Waals surface area contributed by atoms with Crippen molar-refractivity contribution in [2.24, 2.45) is 0 Å². The second kappa shape index (κ2) is 4.84. The standard InChI is InChI=1S/C13H18NS/c1-11-8-12(4-5-13(11)9-14)10-15-6-2-3-7-15/h4-5,8-9,14H,2-3,6-7,10H2,1H3/q+1. The van der Waals surface area contributed by atoms with E-state index in [4.69, 9.17) is 5.41 Å². The zero-order chi connectivity index (χ0) is 10.7. The quantitative estimate of drug-likeness (QED) is 0.598. The highest BCUT2D eigenvalue weighted by atomic mass is 32.2. The van der Waals surface area contributed by atoms with Crippen LogP contribution >= 0.6 is 0 Å². The summed E-state index contributed by atoms with van der Waals surface area (Å²) < 4.78 is 0. The highest BCUT2D eigenvalue weighted by Gasteiger charge is 2.23. The molecule has 80 valence electrons. The monoisotopic (exact) mass is 220 g/mol. The van der Waals surface area contributed by atoms with Gasteiger partial charge in [-0.2, -0.15) is 0 Å². The van der Waals surface area contributed by atoms with Crippen LogP contribution in [0, 0.1) is 12.3 Å². The molecule has 0 aromatic heterocycles. The van der Waals surface area contributed by atoms with E-state index < -0.39 is 0 Å². The molecule has 1 aliphatic heterocycles. The molecule has 1 heterocycles. The average Bonchev–Trinajstić information content (AvgIpc) is 2.71. The molecular formula is C13H18NS+. The van der Waals surface area contributed by atoms with E-state index in [1.165, 1.54) is 47.4 Å². The fourth-order valence-electron chi connectivity index (χ4n) is 2.08. The normalized spacial score (nSPS) is 16.9. The van der Waals surface area contributed by atoms with Gasteiger partial charge in [0, 0.05) is 11.8 Å². The number of nitrogens with one attached hydrogen (secondary N) is 1. The Labute approximate surface area is 94.8 Å². The summed E-state index contributed by atoms with van der Waals surface area (Å²) in [6, 6.07) is 6.53. The molecule has 1 fully saturated rings. The second-order valence-corrected chi connectivity index (χ2v) is 6.54. The third kappa shape index (κ3) is 2.63. The summed E-state index contributed by atoms with van der Waals surface area (Å²) >= 11 is 0. The van der Waals surface area contributed by atoms with Crippen LogP contribution in [-0.2, 0) is 16.6 Å². The van der Waals surface area contributed by atoms with Gasteiger partial charge in [0.1, 0.15) is 17.3 Å². The summed E-state index contributed by atoms with van der Waals surface area (Å²) in [5.41, 5.74) is 3.75. The molecule has 2 heteroatoms. The molecule has 2 rings (SSSR count). The molecule has 0 unspecified atom stereocenters. The number of rotatable bonds is 3. The van der Waals surface area contributed by atoms with Crippen LogP contribution in [0.15, 0.2) is 18.2 Å². The first-order valence-corrected chi connectivity index (χ1v) is 7.27. The predicted molar refractivity (Wildman–Crippen MR) is 69.1 cm³/mol. The Kier molecular flexibility index (Phi) is 3.47. The summed E-state index contributed by atoms with van der Waals surface area (Å²) in [6.45, 7) is 2.10. The number of benzene rings is 1. The van der Waals surface area contributed by atoms with Crippen molar-refractivity contribution in [1.82, 2.24) is 0 Å². The van der Waals surface area contributed by atoms with Gasteiger partial charge in [0.25, 0.3) is 0 Å². The Morgan fingerprint density at radius 2 is 2.07 bits per heavy atom. The Bertz CT molecular complexity index is 354. The van der Waals surface area contributed by atoms with Gasteiger partial charge in [-0.25, -0.2) is 0 Å². The lowest BCUT2D eigenvalue weighted by molar-refractivity contribution is 0.949. The highest BCUT2D eigenvalue weighted by molar-refractivity contribution is 7.96. The van der Waals surface area contributed by atoms with E-state index >= 15 is 0 Å². The predicted octanol–water partition coefficient (Wildman–Crippen LogP) is 2.90. The molecule has 0 atom stereocenters. The summed E-state index contributed by atoms with van der Waals surface area (Å²) in [4.78, 5) is 0. The Hall–Kier alpha value is -0.760. The summed E-state index contributed by atoms with van der Waals surface area (Å²) in [6.07, 6.45) is 4.30. The van der Waals surface area contributed by atoms with Crippen molar-refractivity contribution in [3.05, 3.63) is 34.9 Å². The van der Waals surface area contributed by atoms with Gasteiger partial charge in [-0.05, 0) is 41.8 Å². The van der Waals surface area contributed by atoms with Gasteiger partial charge in [0.2, 0.25) is 0 Å². The first kappa shape index (κ1) is 10.7. The van der Waals surface area contributed by atoms with Crippen molar-refractivity contribution in [2.75, 3.05) is 11.5 Å². The van der Waals surface area contributed by atoms with E-state index in [-0.39, 0.29) is 0 Å². The van der Waals surface area contributed by atoms with Crippen LogP contribution in [0.5, 0.6) is 0 Å². The van der Waals surface area contributed by atoms with Crippen molar-refractivity contribution in [3.8, 4) is 0 Å². The van der Waals surface area contributed by atoms with Crippen molar-refractivity contribution in [2.45, 2.75) is 25.5 Å². The van der Waals surface area contributed by atoms with Crippen LogP contribution in [0.3, 0.4) is 0 Å². The summed E-state index contributed by atoms with van der Waals surface area (Å²) in [5.74, 6) is 4.13. The first-order chi connectivity index (χ1) is 7.29. The van der Waals surface area contributed by atoms with Crippen LogP contribution in [0.2, 0.25) is 0 Å². The lowest BCUT2D eigenvalue weighted by Gasteiger charge is -2.04. The van der Waals surface area contributed by atoms with Crippen molar-refractivity contribution in [1.29, 1.82) is 5.41 Å². The fourth-order valence-corrected chi connectivity index (χ4v) is 4.45. The van der Waals surface area contributed by atoms with Crippen LogP contribution in [0.25, 0.3) is 0 Å². The lowest BCUT2D eigenvalue weighted by atomic mass is 10.1. The molecule has 0 radical (unpaired) electrons. The Morgan fingerprint density at radius 3 is 2.67 bits per heavy atom. The van der Waals surface area contributed by atoms with Crippen molar-refractivity contribution < 1.29 is 0 Å². The largest absolute Gasteiger partial charge is 0.308 e. The number of hydrogen-bond donors (Lipinski definition) is 1. The van der Waals surface area contributed by atoms with E-state index in [0.29, 0.717) is 10.9 Å². The van der Waals surface area contributed by atoms with Gasteiger partial charge in [0.15, 0.2) is 0 Å². The van der Waals surface area contributed by atoms with E-state index in [9.17, 15) is 0 Å². The maximum atomic E-state index is 7.26. The van der Waals surface area contributed by atoms with Crippen LogP contribution < -0.4 is 0 Å². The molecule has 0 aliphatic carbocycles. The molecule has 1 aliphatic rings. The second-order valence-electron chi connectivity index (χ2n) is 4.21. The SMILES string of the molecule is Cc1cc(C[S+]2CCCC2)ccc1C=N. The van der Waals surface area contributed by atoms with Crippen LogP contribution in [0.1, 0.15) is 29.5 Å². The molecule has 1 aromatic carbocycles. The van der Waals surface area contributed by atoms with Gasteiger partial charge < -0.3 is 5.41 Å². The number of aryl methyl sites for hydroxylation is 1. The van der Waals surface area contributed by atoms with Gasteiger partial charge in [0.05, 0.1) is 0 Å².